The molecule has 0 atom stereocenters. The summed E-state index contributed by atoms with van der Waals surface area (Å²) in [5.74, 6) is -0.704. The molecule has 1 aliphatic heterocycles. The van der Waals surface area contributed by atoms with Crippen molar-refractivity contribution < 1.29 is 23.9 Å². The lowest BCUT2D eigenvalue weighted by Gasteiger charge is -2.18. The largest absolute Gasteiger partial charge is 0.482 e. The van der Waals surface area contributed by atoms with Gasteiger partial charge in [-0.05, 0) is 65.1 Å². The molecule has 7 heteroatoms. The van der Waals surface area contributed by atoms with Crippen LogP contribution in [0.2, 0.25) is 0 Å². The first kappa shape index (κ1) is 16.4. The standard InChI is InChI=1S/C17H12INO5/c18-12-4-1-10(2-5-12)17(22)24-8-14(20)11-3-6-15-13(7-11)19-16(21)9-23-15/h1-7H,8-9H2,(H,19,21). The Balaban J connectivity index is 1.65. The number of rotatable bonds is 4. The molecule has 0 aliphatic carbocycles. The van der Waals surface area contributed by atoms with Crippen molar-refractivity contribution in [3.63, 3.8) is 0 Å². The van der Waals surface area contributed by atoms with Gasteiger partial charge >= 0.3 is 5.97 Å². The third-order valence-electron chi connectivity index (χ3n) is 3.35. The molecule has 0 saturated heterocycles. The highest BCUT2D eigenvalue weighted by Gasteiger charge is 2.18. The fourth-order valence-corrected chi connectivity index (χ4v) is 2.50. The number of Topliss-reactive ketones (excluding diaryl/α,β-unsaturated/α-hetero) is 1. The third-order valence-corrected chi connectivity index (χ3v) is 4.07. The number of ketones is 1. The summed E-state index contributed by atoms with van der Waals surface area (Å²) in [6.45, 7) is -0.424. The molecule has 0 spiro atoms. The van der Waals surface area contributed by atoms with Crippen molar-refractivity contribution in [2.24, 2.45) is 0 Å². The summed E-state index contributed by atoms with van der Waals surface area (Å²) >= 11 is 2.13. The zero-order valence-electron chi connectivity index (χ0n) is 12.4. The number of hydrogen-bond donors (Lipinski definition) is 1. The van der Waals surface area contributed by atoms with Crippen LogP contribution in [0.1, 0.15) is 20.7 Å². The maximum absolute atomic E-state index is 12.2. The van der Waals surface area contributed by atoms with Crippen LogP contribution >= 0.6 is 22.6 Å². The van der Waals surface area contributed by atoms with Crippen LogP contribution in [0.4, 0.5) is 5.69 Å². The molecule has 1 amide bonds. The molecule has 0 bridgehead atoms. The number of ether oxygens (including phenoxy) is 2. The Morgan fingerprint density at radius 1 is 1.12 bits per heavy atom. The normalized spacial score (nSPS) is 12.6. The van der Waals surface area contributed by atoms with Gasteiger partial charge in [-0.1, -0.05) is 0 Å². The van der Waals surface area contributed by atoms with Crippen molar-refractivity contribution in [2.75, 3.05) is 18.5 Å². The van der Waals surface area contributed by atoms with Crippen LogP contribution in [0.15, 0.2) is 42.5 Å². The third kappa shape index (κ3) is 3.73. The summed E-state index contributed by atoms with van der Waals surface area (Å²) in [4.78, 5) is 35.4. The van der Waals surface area contributed by atoms with Crippen molar-refractivity contribution >= 4 is 45.9 Å². The monoisotopic (exact) mass is 437 g/mol. The number of benzene rings is 2. The number of fused-ring (bicyclic) bond motifs is 1. The molecule has 3 rings (SSSR count). The number of nitrogens with one attached hydrogen (secondary N) is 1. The quantitative estimate of drug-likeness (QED) is 0.452. The molecule has 0 fully saturated rings. The number of anilines is 1. The Kier molecular flexibility index (Phi) is 4.79. The van der Waals surface area contributed by atoms with E-state index in [1.54, 1.807) is 36.4 Å². The van der Waals surface area contributed by atoms with Gasteiger partial charge in [0.15, 0.2) is 19.0 Å². The fourth-order valence-electron chi connectivity index (χ4n) is 2.14. The average molecular weight is 437 g/mol. The van der Waals surface area contributed by atoms with Crippen LogP contribution < -0.4 is 10.1 Å². The Morgan fingerprint density at radius 3 is 2.58 bits per heavy atom. The van der Waals surface area contributed by atoms with Gasteiger partial charge in [-0.3, -0.25) is 9.59 Å². The topological polar surface area (TPSA) is 81.7 Å². The first-order valence-corrected chi connectivity index (χ1v) is 8.13. The van der Waals surface area contributed by atoms with Gasteiger partial charge < -0.3 is 14.8 Å². The smallest absolute Gasteiger partial charge is 0.338 e. The molecular formula is C17H12INO5. The van der Waals surface area contributed by atoms with E-state index in [-0.39, 0.29) is 24.9 Å². The van der Waals surface area contributed by atoms with E-state index in [2.05, 4.69) is 27.9 Å². The van der Waals surface area contributed by atoms with Gasteiger partial charge in [-0.15, -0.1) is 0 Å². The van der Waals surface area contributed by atoms with Crippen molar-refractivity contribution in [1.82, 2.24) is 0 Å². The highest BCUT2D eigenvalue weighted by atomic mass is 127. The molecule has 6 nitrogen and oxygen atoms in total. The average Bonchev–Trinajstić information content (AvgIpc) is 2.59. The maximum Gasteiger partial charge on any atom is 0.338 e. The van der Waals surface area contributed by atoms with Crippen LogP contribution in [0, 0.1) is 3.57 Å². The molecule has 0 unspecified atom stereocenters. The minimum atomic E-state index is -0.561. The van der Waals surface area contributed by atoms with E-state index >= 15 is 0 Å². The molecule has 24 heavy (non-hydrogen) atoms. The number of hydrogen-bond acceptors (Lipinski definition) is 5. The van der Waals surface area contributed by atoms with E-state index in [9.17, 15) is 14.4 Å². The van der Waals surface area contributed by atoms with Crippen LogP contribution in [-0.4, -0.2) is 30.9 Å². The van der Waals surface area contributed by atoms with Gasteiger partial charge in [-0.25, -0.2) is 4.79 Å². The van der Waals surface area contributed by atoms with Crippen molar-refractivity contribution in [2.45, 2.75) is 0 Å². The number of carbonyl (C=O) groups is 3. The Labute approximate surface area is 151 Å². The number of esters is 1. The second kappa shape index (κ2) is 7.00. The number of halogens is 1. The van der Waals surface area contributed by atoms with E-state index < -0.39 is 5.97 Å². The SMILES string of the molecule is O=C1COc2ccc(C(=O)COC(=O)c3ccc(I)cc3)cc2N1. The van der Waals surface area contributed by atoms with Gasteiger partial charge in [0, 0.05) is 9.13 Å². The first-order valence-electron chi connectivity index (χ1n) is 7.05. The second-order valence-electron chi connectivity index (χ2n) is 5.05. The summed E-state index contributed by atoms with van der Waals surface area (Å²) in [5, 5.41) is 2.63. The van der Waals surface area contributed by atoms with E-state index in [4.69, 9.17) is 9.47 Å². The molecule has 122 valence electrons. The molecule has 1 aliphatic rings. The molecule has 0 radical (unpaired) electrons. The predicted octanol–water partition coefficient (Wildman–Crippen LogP) is 2.66. The molecule has 1 heterocycles. The molecule has 0 saturated carbocycles. The first-order chi connectivity index (χ1) is 11.5. The zero-order chi connectivity index (χ0) is 17.1. The van der Waals surface area contributed by atoms with Gasteiger partial charge in [0.2, 0.25) is 0 Å². The van der Waals surface area contributed by atoms with Crippen molar-refractivity contribution in [3.8, 4) is 5.75 Å². The minimum absolute atomic E-state index is 0.0477. The lowest BCUT2D eigenvalue weighted by Crippen LogP contribution is -2.25. The maximum atomic E-state index is 12.2. The molecule has 2 aromatic rings. The zero-order valence-corrected chi connectivity index (χ0v) is 14.5. The van der Waals surface area contributed by atoms with E-state index in [0.29, 0.717) is 22.6 Å². The highest BCUT2D eigenvalue weighted by Crippen LogP contribution is 2.28. The van der Waals surface area contributed by atoms with Gasteiger partial charge in [0.1, 0.15) is 5.75 Å². The lowest BCUT2D eigenvalue weighted by molar-refractivity contribution is -0.118. The number of carbonyl (C=O) groups excluding carboxylic acids is 3. The summed E-state index contributed by atoms with van der Waals surface area (Å²) in [5.41, 5.74) is 1.14. The second-order valence-corrected chi connectivity index (χ2v) is 6.30. The lowest BCUT2D eigenvalue weighted by atomic mass is 10.1. The molecule has 0 aromatic heterocycles. The van der Waals surface area contributed by atoms with Gasteiger partial charge in [0.25, 0.3) is 5.91 Å². The van der Waals surface area contributed by atoms with Crippen LogP contribution in [-0.2, 0) is 9.53 Å². The Bertz CT molecular complexity index is 816. The fraction of sp³-hybridized carbons (Fsp3) is 0.118. The highest BCUT2D eigenvalue weighted by molar-refractivity contribution is 14.1. The Morgan fingerprint density at radius 2 is 1.83 bits per heavy atom. The van der Waals surface area contributed by atoms with Crippen LogP contribution in [0.25, 0.3) is 0 Å². The summed E-state index contributed by atoms with van der Waals surface area (Å²) in [6, 6.07) is 11.5. The molecule has 1 N–H and O–H groups in total. The van der Waals surface area contributed by atoms with Crippen molar-refractivity contribution in [1.29, 1.82) is 0 Å². The van der Waals surface area contributed by atoms with Gasteiger partial charge in [-0.2, -0.15) is 0 Å². The van der Waals surface area contributed by atoms with Crippen molar-refractivity contribution in [3.05, 3.63) is 57.2 Å². The van der Waals surface area contributed by atoms with E-state index in [1.165, 1.54) is 6.07 Å². The minimum Gasteiger partial charge on any atom is -0.482 e. The molecular weight excluding hydrogens is 425 g/mol. The van der Waals surface area contributed by atoms with Crippen LogP contribution in [0.3, 0.4) is 0 Å². The number of amides is 1. The Hall–Kier alpha value is -2.42. The van der Waals surface area contributed by atoms with Gasteiger partial charge in [0.05, 0.1) is 11.3 Å². The molecule has 2 aromatic carbocycles. The summed E-state index contributed by atoms with van der Waals surface area (Å²) < 4.78 is 11.3. The van der Waals surface area contributed by atoms with Crippen LogP contribution in [0.5, 0.6) is 5.75 Å². The predicted molar refractivity (Wildman–Crippen MR) is 94.3 cm³/mol. The summed E-state index contributed by atoms with van der Waals surface area (Å²) in [6.07, 6.45) is 0. The van der Waals surface area contributed by atoms with E-state index in [1.807, 2.05) is 0 Å². The van der Waals surface area contributed by atoms with E-state index in [0.717, 1.165) is 3.57 Å². The summed E-state index contributed by atoms with van der Waals surface area (Å²) in [7, 11) is 0.